The number of hydrogen-bond donors (Lipinski definition) is 1. The summed E-state index contributed by atoms with van der Waals surface area (Å²) < 4.78 is 16.0. The van der Waals surface area contributed by atoms with Crippen LogP contribution in [0.5, 0.6) is 17.2 Å². The highest BCUT2D eigenvalue weighted by Gasteiger charge is 2.19. The molecule has 1 N–H and O–H groups in total. The number of nitrogens with zero attached hydrogens (tertiary/aromatic N) is 3. The van der Waals surface area contributed by atoms with Gasteiger partial charge in [-0.2, -0.15) is 5.10 Å². The zero-order chi connectivity index (χ0) is 22.9. The number of hydrogen-bond acceptors (Lipinski definition) is 7. The number of amides is 1. The number of carbonyl (C=O) groups excluding carboxylic acids is 1. The van der Waals surface area contributed by atoms with Crippen molar-refractivity contribution >= 4 is 23.7 Å². The number of carbonyl (C=O) groups is 1. The Labute approximate surface area is 193 Å². The van der Waals surface area contributed by atoms with Crippen molar-refractivity contribution in [2.24, 2.45) is 5.10 Å². The summed E-state index contributed by atoms with van der Waals surface area (Å²) in [6.07, 6.45) is 1.51. The van der Waals surface area contributed by atoms with Crippen molar-refractivity contribution in [1.29, 1.82) is 0 Å². The van der Waals surface area contributed by atoms with Crippen LogP contribution >= 0.6 is 11.6 Å². The molecule has 0 bridgehead atoms. The second-order valence-electron chi connectivity index (χ2n) is 7.38. The summed E-state index contributed by atoms with van der Waals surface area (Å²) in [6, 6.07) is 11.4. The highest BCUT2D eigenvalue weighted by atomic mass is 35.5. The third-order valence-electron chi connectivity index (χ3n) is 5.32. The first-order valence-electron chi connectivity index (χ1n) is 10.3. The molecule has 1 amide bonds. The van der Waals surface area contributed by atoms with Crippen molar-refractivity contribution < 1.29 is 19.0 Å². The normalized spacial score (nSPS) is 15.0. The Kier molecular flexibility index (Phi) is 8.72. The second-order valence-corrected chi connectivity index (χ2v) is 7.79. The van der Waals surface area contributed by atoms with E-state index in [1.54, 1.807) is 33.5 Å². The van der Waals surface area contributed by atoms with Crippen LogP contribution in [0, 0.1) is 0 Å². The number of nitrogens with one attached hydrogen (secondary N) is 1. The molecule has 3 rings (SSSR count). The molecule has 0 aromatic heterocycles. The molecule has 0 spiro atoms. The Balaban J connectivity index is 1.49. The van der Waals surface area contributed by atoms with E-state index in [9.17, 15) is 4.79 Å². The van der Waals surface area contributed by atoms with Gasteiger partial charge in [0.05, 0.1) is 39.7 Å². The lowest BCUT2D eigenvalue weighted by Crippen LogP contribution is -2.48. The lowest BCUT2D eigenvalue weighted by molar-refractivity contribution is -0.122. The molecule has 9 heteroatoms. The minimum atomic E-state index is -0.174. The number of rotatable bonds is 9. The largest absolute Gasteiger partial charge is 0.496 e. The monoisotopic (exact) mass is 460 g/mol. The number of halogens is 1. The average Bonchev–Trinajstić information content (AvgIpc) is 2.81. The lowest BCUT2D eigenvalue weighted by atomic mass is 10.2. The number of hydrazone groups is 1. The van der Waals surface area contributed by atoms with Gasteiger partial charge in [0.2, 0.25) is 0 Å². The quantitative estimate of drug-likeness (QED) is 0.458. The second kappa shape index (κ2) is 11.7. The minimum absolute atomic E-state index is 0.174. The summed E-state index contributed by atoms with van der Waals surface area (Å²) in [6.45, 7) is 4.47. The average molecular weight is 461 g/mol. The summed E-state index contributed by atoms with van der Waals surface area (Å²) in [7, 11) is 4.67. The van der Waals surface area contributed by atoms with E-state index in [1.165, 1.54) is 6.21 Å². The van der Waals surface area contributed by atoms with Crippen LogP contribution in [0.15, 0.2) is 41.5 Å². The number of methoxy groups -OCH3 is 3. The van der Waals surface area contributed by atoms with Gasteiger partial charge < -0.3 is 14.2 Å². The highest BCUT2D eigenvalue weighted by molar-refractivity contribution is 6.31. The van der Waals surface area contributed by atoms with Gasteiger partial charge >= 0.3 is 0 Å². The van der Waals surface area contributed by atoms with E-state index in [2.05, 4.69) is 20.3 Å². The molecule has 2 aromatic rings. The van der Waals surface area contributed by atoms with Crippen LogP contribution in [0.4, 0.5) is 0 Å². The maximum Gasteiger partial charge on any atom is 0.254 e. The summed E-state index contributed by atoms with van der Waals surface area (Å²) in [5.74, 6) is 1.50. The van der Waals surface area contributed by atoms with Gasteiger partial charge in [-0.05, 0) is 11.6 Å². The SMILES string of the molecule is COc1cc(OC)c(C=NNC(=O)CN2CCN(Cc3ccccc3Cl)CC2)c(OC)c1. The van der Waals surface area contributed by atoms with Crippen molar-refractivity contribution in [2.45, 2.75) is 6.54 Å². The van der Waals surface area contributed by atoms with E-state index in [0.717, 1.165) is 43.3 Å². The van der Waals surface area contributed by atoms with Gasteiger partial charge in [-0.1, -0.05) is 29.8 Å². The van der Waals surface area contributed by atoms with Crippen LogP contribution in [0.1, 0.15) is 11.1 Å². The van der Waals surface area contributed by atoms with E-state index >= 15 is 0 Å². The maximum absolute atomic E-state index is 12.3. The van der Waals surface area contributed by atoms with Gasteiger partial charge in [0.1, 0.15) is 17.2 Å². The predicted octanol–water partition coefficient (Wildman–Crippen LogP) is 2.63. The Hall–Kier alpha value is -2.81. The standard InChI is InChI=1S/C23H29ClN4O4/c1-30-18-12-21(31-2)19(22(13-18)32-3)14-25-26-23(29)16-28-10-8-27(9-11-28)15-17-6-4-5-7-20(17)24/h4-7,12-14H,8-11,15-16H2,1-3H3,(H,26,29). The van der Waals surface area contributed by atoms with Crippen molar-refractivity contribution in [3.8, 4) is 17.2 Å². The lowest BCUT2D eigenvalue weighted by Gasteiger charge is -2.34. The molecule has 1 fully saturated rings. The molecule has 2 aromatic carbocycles. The third kappa shape index (κ3) is 6.35. The molecule has 0 unspecified atom stereocenters. The molecule has 8 nitrogen and oxygen atoms in total. The van der Waals surface area contributed by atoms with E-state index in [-0.39, 0.29) is 12.5 Å². The molecule has 1 aliphatic heterocycles. The molecule has 0 atom stereocenters. The van der Waals surface area contributed by atoms with Crippen molar-refractivity contribution in [3.63, 3.8) is 0 Å². The summed E-state index contributed by atoms with van der Waals surface area (Å²) >= 11 is 6.26. The van der Waals surface area contributed by atoms with Crippen LogP contribution in [0.25, 0.3) is 0 Å². The molecule has 1 aliphatic rings. The zero-order valence-electron chi connectivity index (χ0n) is 18.6. The smallest absolute Gasteiger partial charge is 0.254 e. The van der Waals surface area contributed by atoms with Crippen LogP contribution in [0.3, 0.4) is 0 Å². The first-order chi connectivity index (χ1) is 15.5. The molecule has 172 valence electrons. The molecular weight excluding hydrogens is 432 g/mol. The Morgan fingerprint density at radius 2 is 1.66 bits per heavy atom. The minimum Gasteiger partial charge on any atom is -0.496 e. The van der Waals surface area contributed by atoms with E-state index in [0.29, 0.717) is 22.8 Å². The molecule has 0 aliphatic carbocycles. The summed E-state index contributed by atoms with van der Waals surface area (Å²) in [4.78, 5) is 16.8. The van der Waals surface area contributed by atoms with Crippen LogP contribution in [-0.4, -0.2) is 76.0 Å². The van der Waals surface area contributed by atoms with Crippen LogP contribution in [-0.2, 0) is 11.3 Å². The summed E-state index contributed by atoms with van der Waals surface area (Å²) in [5, 5.41) is 4.87. The van der Waals surface area contributed by atoms with Crippen molar-refractivity contribution in [3.05, 3.63) is 52.5 Å². The van der Waals surface area contributed by atoms with Gasteiger partial charge in [0.25, 0.3) is 5.91 Å². The van der Waals surface area contributed by atoms with Gasteiger partial charge in [0.15, 0.2) is 0 Å². The van der Waals surface area contributed by atoms with E-state index in [4.69, 9.17) is 25.8 Å². The highest BCUT2D eigenvalue weighted by Crippen LogP contribution is 2.32. The molecule has 32 heavy (non-hydrogen) atoms. The number of benzene rings is 2. The molecule has 1 saturated heterocycles. The maximum atomic E-state index is 12.3. The van der Waals surface area contributed by atoms with Crippen LogP contribution < -0.4 is 19.6 Å². The fourth-order valence-electron chi connectivity index (χ4n) is 3.54. The first kappa shape index (κ1) is 23.8. The third-order valence-corrected chi connectivity index (χ3v) is 5.69. The van der Waals surface area contributed by atoms with Crippen molar-refractivity contribution in [1.82, 2.24) is 15.2 Å². The van der Waals surface area contributed by atoms with Gasteiger partial charge in [-0.3, -0.25) is 14.6 Å². The number of ether oxygens (including phenoxy) is 3. The fourth-order valence-corrected chi connectivity index (χ4v) is 3.74. The number of piperazine rings is 1. The van der Waals surface area contributed by atoms with E-state index in [1.807, 2.05) is 24.3 Å². The van der Waals surface area contributed by atoms with Gasteiger partial charge in [-0.25, -0.2) is 5.43 Å². The van der Waals surface area contributed by atoms with Crippen LogP contribution in [0.2, 0.25) is 5.02 Å². The summed E-state index contributed by atoms with van der Waals surface area (Å²) in [5.41, 5.74) is 4.32. The van der Waals surface area contributed by atoms with Gasteiger partial charge in [0, 0.05) is 49.9 Å². The van der Waals surface area contributed by atoms with E-state index < -0.39 is 0 Å². The predicted molar refractivity (Wildman–Crippen MR) is 125 cm³/mol. The molecular formula is C23H29ClN4O4. The Morgan fingerprint density at radius 3 is 2.25 bits per heavy atom. The topological polar surface area (TPSA) is 75.6 Å². The molecule has 0 radical (unpaired) electrons. The fraction of sp³-hybridized carbons (Fsp3) is 0.391. The van der Waals surface area contributed by atoms with Gasteiger partial charge in [-0.15, -0.1) is 0 Å². The Morgan fingerprint density at radius 1 is 1.03 bits per heavy atom. The Bertz CT molecular complexity index is 920. The molecule has 0 saturated carbocycles. The van der Waals surface area contributed by atoms with Crippen molar-refractivity contribution in [2.75, 3.05) is 54.1 Å². The molecule has 1 heterocycles. The zero-order valence-corrected chi connectivity index (χ0v) is 19.4. The first-order valence-corrected chi connectivity index (χ1v) is 10.7.